The molecule has 0 saturated carbocycles. The van der Waals surface area contributed by atoms with Crippen molar-refractivity contribution < 1.29 is 4.39 Å². The van der Waals surface area contributed by atoms with E-state index in [0.717, 1.165) is 11.1 Å². The maximum atomic E-state index is 13.8. The molecule has 0 fully saturated rings. The normalized spacial score (nSPS) is 11.2. The van der Waals surface area contributed by atoms with E-state index in [1.54, 1.807) is 29.0 Å². The molecule has 128 valence electrons. The third-order valence-electron chi connectivity index (χ3n) is 3.53. The molecular formula is C17H14Cl2FN5. The van der Waals surface area contributed by atoms with E-state index in [0.29, 0.717) is 21.6 Å². The molecule has 0 radical (unpaired) electrons. The number of nitrogens with zero attached hydrogens (tertiary/aromatic N) is 4. The fourth-order valence-electron chi connectivity index (χ4n) is 2.49. The largest absolute Gasteiger partial charge is 0.327 e. The number of hydrogen-bond donors (Lipinski definition) is 1. The van der Waals surface area contributed by atoms with Crippen LogP contribution in [0.1, 0.15) is 5.56 Å². The zero-order valence-electron chi connectivity index (χ0n) is 13.0. The molecule has 0 unspecified atom stereocenters. The highest BCUT2D eigenvalue weighted by Gasteiger charge is 2.13. The molecule has 0 amide bonds. The highest BCUT2D eigenvalue weighted by Crippen LogP contribution is 2.30. The standard InChI is InChI=1S/C17H13ClFN5.ClH/c18-13-5-12(7-22-8-13)15-3-11(6-21)4-16-17(15)23-10-24(16)9-14(19)1-2-20;/h1,3-5,7-8,10H,2,9,20H2;1H/b14-1-;. The third kappa shape index (κ3) is 3.97. The first-order chi connectivity index (χ1) is 11.6. The zero-order valence-corrected chi connectivity index (χ0v) is 14.6. The maximum absolute atomic E-state index is 13.8. The van der Waals surface area contributed by atoms with Crippen molar-refractivity contribution in [3.63, 3.8) is 0 Å². The molecule has 2 aromatic heterocycles. The average Bonchev–Trinajstić information content (AvgIpc) is 2.97. The van der Waals surface area contributed by atoms with Gasteiger partial charge in [0.25, 0.3) is 0 Å². The van der Waals surface area contributed by atoms with Crippen molar-refractivity contribution in [2.24, 2.45) is 5.73 Å². The highest BCUT2D eigenvalue weighted by molar-refractivity contribution is 6.30. The van der Waals surface area contributed by atoms with Crippen molar-refractivity contribution in [2.75, 3.05) is 6.54 Å². The first-order valence-corrected chi connectivity index (χ1v) is 7.54. The Bertz CT molecular complexity index is 975. The summed E-state index contributed by atoms with van der Waals surface area (Å²) >= 11 is 6.01. The molecule has 0 bridgehead atoms. The molecule has 0 spiro atoms. The van der Waals surface area contributed by atoms with E-state index in [-0.39, 0.29) is 31.3 Å². The van der Waals surface area contributed by atoms with Crippen molar-refractivity contribution in [3.8, 4) is 17.2 Å². The predicted octanol–water partition coefficient (Wildman–Crippen LogP) is 3.86. The van der Waals surface area contributed by atoms with E-state index in [1.807, 2.05) is 0 Å². The molecule has 0 aliphatic heterocycles. The van der Waals surface area contributed by atoms with Gasteiger partial charge in [-0.05, 0) is 24.3 Å². The van der Waals surface area contributed by atoms with Crippen molar-refractivity contribution >= 4 is 35.0 Å². The molecular weight excluding hydrogens is 364 g/mol. The monoisotopic (exact) mass is 377 g/mol. The number of nitriles is 1. The van der Waals surface area contributed by atoms with Crippen molar-refractivity contribution in [2.45, 2.75) is 6.54 Å². The Balaban J connectivity index is 0.00000225. The Morgan fingerprint density at radius 3 is 2.84 bits per heavy atom. The van der Waals surface area contributed by atoms with Crippen LogP contribution in [0.4, 0.5) is 4.39 Å². The molecule has 3 rings (SSSR count). The lowest BCUT2D eigenvalue weighted by atomic mass is 10.0. The fraction of sp³-hybridized carbons (Fsp3) is 0.118. The average molecular weight is 378 g/mol. The van der Waals surface area contributed by atoms with E-state index in [4.69, 9.17) is 17.3 Å². The predicted molar refractivity (Wildman–Crippen MR) is 98.2 cm³/mol. The molecule has 2 heterocycles. The summed E-state index contributed by atoms with van der Waals surface area (Å²) in [6.07, 6.45) is 6.02. The molecule has 25 heavy (non-hydrogen) atoms. The van der Waals surface area contributed by atoms with E-state index in [1.165, 1.54) is 18.6 Å². The first-order valence-electron chi connectivity index (χ1n) is 7.17. The second-order valence-electron chi connectivity index (χ2n) is 5.15. The van der Waals surface area contributed by atoms with Crippen molar-refractivity contribution in [3.05, 3.63) is 59.4 Å². The van der Waals surface area contributed by atoms with Crippen molar-refractivity contribution in [1.29, 1.82) is 5.26 Å². The van der Waals surface area contributed by atoms with Crippen LogP contribution in [0, 0.1) is 11.3 Å². The number of halogens is 3. The van der Waals surface area contributed by atoms with Crippen LogP contribution in [0.15, 0.2) is 48.8 Å². The van der Waals surface area contributed by atoms with Crippen molar-refractivity contribution in [1.82, 2.24) is 14.5 Å². The highest BCUT2D eigenvalue weighted by atomic mass is 35.5. The summed E-state index contributed by atoms with van der Waals surface area (Å²) < 4.78 is 15.4. The van der Waals surface area contributed by atoms with Crippen LogP contribution < -0.4 is 5.73 Å². The van der Waals surface area contributed by atoms with Gasteiger partial charge in [0.05, 0.1) is 40.6 Å². The van der Waals surface area contributed by atoms with Crippen LogP contribution in [-0.4, -0.2) is 21.1 Å². The first kappa shape index (κ1) is 18.9. The Labute approximate surface area is 155 Å². The van der Waals surface area contributed by atoms with Crippen LogP contribution >= 0.6 is 24.0 Å². The quantitative estimate of drug-likeness (QED) is 0.748. The third-order valence-corrected chi connectivity index (χ3v) is 3.74. The van der Waals surface area contributed by atoms with Gasteiger partial charge in [-0.3, -0.25) is 4.98 Å². The SMILES string of the molecule is Cl.N#Cc1cc(-c2cncc(Cl)c2)c2ncn(C/C(F)=C/CN)c2c1. The topological polar surface area (TPSA) is 80.5 Å². The van der Waals surface area contributed by atoms with Gasteiger partial charge in [0, 0.05) is 30.1 Å². The molecule has 3 aromatic rings. The Hall–Kier alpha value is -2.46. The molecule has 0 atom stereocenters. The Morgan fingerprint density at radius 1 is 1.36 bits per heavy atom. The smallest absolute Gasteiger partial charge is 0.117 e. The number of fused-ring (bicyclic) bond motifs is 1. The summed E-state index contributed by atoms with van der Waals surface area (Å²) in [5, 5.41) is 9.78. The summed E-state index contributed by atoms with van der Waals surface area (Å²) in [6.45, 7) is 0.136. The molecule has 2 N–H and O–H groups in total. The van der Waals surface area contributed by atoms with E-state index in [9.17, 15) is 9.65 Å². The number of imidazole rings is 1. The lowest BCUT2D eigenvalue weighted by molar-refractivity contribution is 0.558. The number of allylic oxidation sites excluding steroid dienone is 1. The van der Waals surface area contributed by atoms with Gasteiger partial charge in [-0.1, -0.05) is 11.6 Å². The number of aromatic nitrogens is 3. The number of rotatable bonds is 4. The molecule has 0 saturated heterocycles. The van der Waals surface area contributed by atoms with Gasteiger partial charge in [0.1, 0.15) is 5.83 Å². The Kier molecular flexibility index (Phi) is 6.10. The molecule has 5 nitrogen and oxygen atoms in total. The minimum Gasteiger partial charge on any atom is -0.327 e. The van der Waals surface area contributed by atoms with Gasteiger partial charge < -0.3 is 10.3 Å². The van der Waals surface area contributed by atoms with E-state index < -0.39 is 0 Å². The van der Waals surface area contributed by atoms with Crippen LogP contribution in [-0.2, 0) is 6.54 Å². The fourth-order valence-corrected chi connectivity index (χ4v) is 2.66. The summed E-state index contributed by atoms with van der Waals surface area (Å²) in [7, 11) is 0. The van der Waals surface area contributed by atoms with Gasteiger partial charge in [-0.25, -0.2) is 9.37 Å². The number of pyridine rings is 1. The lowest BCUT2D eigenvalue weighted by Crippen LogP contribution is -2.00. The van der Waals surface area contributed by atoms with E-state index in [2.05, 4.69) is 16.0 Å². The Morgan fingerprint density at radius 2 is 2.16 bits per heavy atom. The second kappa shape index (κ2) is 8.08. The minimum atomic E-state index is -0.356. The van der Waals surface area contributed by atoms with Gasteiger partial charge in [-0.2, -0.15) is 5.26 Å². The number of nitrogens with two attached hydrogens (primary N) is 1. The second-order valence-corrected chi connectivity index (χ2v) is 5.59. The number of hydrogen-bond acceptors (Lipinski definition) is 4. The van der Waals surface area contributed by atoms with Crippen LogP contribution in [0.5, 0.6) is 0 Å². The minimum absolute atomic E-state index is 0. The summed E-state index contributed by atoms with van der Waals surface area (Å²) in [5.41, 5.74) is 8.55. The zero-order chi connectivity index (χ0) is 17.1. The lowest BCUT2D eigenvalue weighted by Gasteiger charge is -2.07. The maximum Gasteiger partial charge on any atom is 0.117 e. The summed E-state index contributed by atoms with van der Waals surface area (Å²) in [5.74, 6) is -0.356. The van der Waals surface area contributed by atoms with Crippen LogP contribution in [0.2, 0.25) is 5.02 Å². The molecule has 8 heteroatoms. The number of benzene rings is 1. The molecule has 1 aromatic carbocycles. The van der Waals surface area contributed by atoms with E-state index >= 15 is 0 Å². The van der Waals surface area contributed by atoms with Gasteiger partial charge in [0.2, 0.25) is 0 Å². The summed E-state index contributed by atoms with van der Waals surface area (Å²) in [6, 6.07) is 7.27. The van der Waals surface area contributed by atoms with Gasteiger partial charge in [0.15, 0.2) is 0 Å². The van der Waals surface area contributed by atoms with Crippen LogP contribution in [0.25, 0.3) is 22.2 Å². The van der Waals surface area contributed by atoms with Crippen LogP contribution in [0.3, 0.4) is 0 Å². The molecule has 0 aliphatic rings. The van der Waals surface area contributed by atoms with Gasteiger partial charge in [-0.15, -0.1) is 12.4 Å². The van der Waals surface area contributed by atoms with Gasteiger partial charge >= 0.3 is 0 Å². The summed E-state index contributed by atoms with van der Waals surface area (Å²) in [4.78, 5) is 8.44. The molecule has 0 aliphatic carbocycles.